The van der Waals surface area contributed by atoms with Gasteiger partial charge in [0.25, 0.3) is 0 Å². The van der Waals surface area contributed by atoms with E-state index in [9.17, 15) is 0 Å². The molecule has 5 aromatic heterocycles. The molecule has 0 amide bonds. The molecule has 0 spiro atoms. The lowest BCUT2D eigenvalue weighted by molar-refractivity contribution is -0.661. The van der Waals surface area contributed by atoms with Crippen molar-refractivity contribution in [3.05, 3.63) is 263 Å². The molecule has 0 saturated carbocycles. The fraction of sp³-hybridized carbons (Fsp3) is 0.360. The second-order valence-corrected chi connectivity index (χ2v) is 26.5. The first-order chi connectivity index (χ1) is 48.1. The normalized spacial score (nSPS) is 13.9. The number of nitrogens with zero attached hydrogens (tertiary/aromatic N) is 5. The van der Waals surface area contributed by atoms with E-state index in [2.05, 4.69) is 160 Å². The summed E-state index contributed by atoms with van der Waals surface area (Å²) in [5.41, 5.74) is 32.2. The van der Waals surface area contributed by atoms with Crippen LogP contribution in [0.2, 0.25) is 0 Å². The lowest BCUT2D eigenvalue weighted by atomic mass is 9.88. The van der Waals surface area contributed by atoms with E-state index in [-0.39, 0.29) is 0 Å². The van der Waals surface area contributed by atoms with Gasteiger partial charge in [0.15, 0.2) is 31.0 Å². The van der Waals surface area contributed by atoms with Crippen LogP contribution >= 0.6 is 0 Å². The van der Waals surface area contributed by atoms with Gasteiger partial charge >= 0.3 is 0 Å². The second kappa shape index (κ2) is 30.3. The third-order valence-electron chi connectivity index (χ3n) is 17.6. The summed E-state index contributed by atoms with van der Waals surface area (Å²) in [6.45, 7) is 32.1. The van der Waals surface area contributed by atoms with Gasteiger partial charge < -0.3 is 0 Å². The van der Waals surface area contributed by atoms with Crippen molar-refractivity contribution < 1.29 is 42.0 Å². The maximum absolute atomic E-state index is 8.39. The third kappa shape index (κ3) is 17.9. The molecule has 0 saturated heterocycles. The van der Waals surface area contributed by atoms with E-state index in [0.717, 1.165) is 56.0 Å². The SMILES string of the molecule is Cc1cc(-c2ccc(C)c(C)c2C)[n+](C)cc1C.Cc1cc(C)c(-c2cc(C)c(C)c[n+]2C)c(C)c1.[2H]C([2H])([2H])c1c[n+](C)c(-c2ccc(C([2H])([2H])[2H])c(C)c2C)cc1C.[2H]C([2H])([2H])c1cc(C)c(-c2cc(C)c(C([2H])([2H])[2H])c[n+]2C)c(C)c1.[2H]C([2H])(c1ccc(-c2ccccc2C)[n+](C)c1)C(C)(C)C. The van der Waals surface area contributed by atoms with Gasteiger partial charge in [0.05, 0.1) is 11.1 Å². The van der Waals surface area contributed by atoms with Gasteiger partial charge in [0, 0.05) is 94.0 Å². The quantitative estimate of drug-likeness (QED) is 0.148. The van der Waals surface area contributed by atoms with Crippen LogP contribution in [0.1, 0.15) is 162 Å². The Hall–Kier alpha value is -8.15. The molecule has 0 aliphatic rings. The molecule has 5 heteroatoms. The molecule has 5 heterocycles. The van der Waals surface area contributed by atoms with Gasteiger partial charge in [-0.05, 0) is 265 Å². The molecule has 0 bridgehead atoms. The minimum absolute atomic E-state index is 0.319. The van der Waals surface area contributed by atoms with Gasteiger partial charge in [-0.3, -0.25) is 0 Å². The fourth-order valence-corrected chi connectivity index (χ4v) is 11.8. The van der Waals surface area contributed by atoms with Crippen LogP contribution in [0.3, 0.4) is 0 Å². The molecular weight excluding hydrogens is 1100 g/mol. The Bertz CT molecular complexity index is 4810. The van der Waals surface area contributed by atoms with Crippen molar-refractivity contribution in [3.63, 3.8) is 0 Å². The Labute approximate surface area is 571 Å². The Morgan fingerprint density at radius 2 is 0.670 bits per heavy atom. The molecule has 5 aromatic carbocycles. The summed E-state index contributed by atoms with van der Waals surface area (Å²) in [5, 5.41) is 0. The number of hydrogen-bond donors (Lipinski definition) is 0. The molecule has 0 unspecified atom stereocenters. The van der Waals surface area contributed by atoms with E-state index in [0.29, 0.717) is 33.4 Å². The molecular formula is C86H112N5+5. The first kappa shape index (κ1) is 53.5. The average Bonchev–Trinajstić information content (AvgIpc) is 0.770. The third-order valence-corrected chi connectivity index (χ3v) is 17.6. The molecule has 10 rings (SSSR count). The fourth-order valence-electron chi connectivity index (χ4n) is 11.8. The highest BCUT2D eigenvalue weighted by atomic mass is 14.9. The summed E-state index contributed by atoms with van der Waals surface area (Å²) in [7, 11) is 9.83. The zero-order valence-corrected chi connectivity index (χ0v) is 59.5. The van der Waals surface area contributed by atoms with Gasteiger partial charge in [-0.25, -0.2) is 22.8 Å². The topological polar surface area (TPSA) is 19.4 Å². The van der Waals surface area contributed by atoms with E-state index in [1.807, 2.05) is 103 Å². The van der Waals surface area contributed by atoms with Crippen molar-refractivity contribution in [1.29, 1.82) is 0 Å². The molecule has 0 atom stereocenters. The minimum atomic E-state index is -2.16. The summed E-state index contributed by atoms with van der Waals surface area (Å²) in [4.78, 5) is 0. The number of benzene rings is 5. The van der Waals surface area contributed by atoms with Crippen LogP contribution in [0.5, 0.6) is 0 Å². The average molecular weight is 1230 g/mol. The second-order valence-electron chi connectivity index (χ2n) is 26.5. The minimum Gasteiger partial charge on any atom is -0.201 e. The van der Waals surface area contributed by atoms with E-state index >= 15 is 0 Å². The summed E-state index contributed by atoms with van der Waals surface area (Å²) in [6.07, 6.45) is 8.23. The van der Waals surface area contributed by atoms with Gasteiger partial charge in [-0.15, -0.1) is 0 Å². The van der Waals surface area contributed by atoms with Gasteiger partial charge in [-0.2, -0.15) is 0 Å². The molecule has 476 valence electrons. The van der Waals surface area contributed by atoms with Crippen molar-refractivity contribution in [1.82, 2.24) is 0 Å². The van der Waals surface area contributed by atoms with E-state index in [1.54, 1.807) is 73.7 Å². The lowest BCUT2D eigenvalue weighted by Crippen LogP contribution is -2.32. The van der Waals surface area contributed by atoms with Crippen molar-refractivity contribution in [2.75, 3.05) is 0 Å². The summed E-state index contributed by atoms with van der Waals surface area (Å²) in [5.74, 6) is 0. The summed E-state index contributed by atoms with van der Waals surface area (Å²) >= 11 is 0. The van der Waals surface area contributed by atoms with Crippen LogP contribution < -0.4 is 22.8 Å². The number of hydrogen-bond acceptors (Lipinski definition) is 0. The highest BCUT2D eigenvalue weighted by Gasteiger charge is 2.22. The van der Waals surface area contributed by atoms with Crippen LogP contribution in [0.15, 0.2) is 140 Å². The molecule has 10 aromatic rings. The molecule has 0 aliphatic heterocycles. The van der Waals surface area contributed by atoms with Crippen LogP contribution in [0.25, 0.3) is 56.3 Å². The van der Waals surface area contributed by atoms with Gasteiger partial charge in [0.1, 0.15) is 35.2 Å². The molecule has 0 N–H and O–H groups in total. The van der Waals surface area contributed by atoms with Crippen LogP contribution in [0, 0.1) is 151 Å². The predicted molar refractivity (Wildman–Crippen MR) is 388 cm³/mol. The molecule has 0 radical (unpaired) electrons. The largest absolute Gasteiger partial charge is 0.213 e. The lowest BCUT2D eigenvalue weighted by Gasteiger charge is -2.17. The number of aryl methyl sites for hydroxylation is 22. The Morgan fingerprint density at radius 1 is 0.297 bits per heavy atom. The van der Waals surface area contributed by atoms with E-state index < -0.39 is 39.2 Å². The Balaban J connectivity index is 0.000000207. The van der Waals surface area contributed by atoms with Crippen molar-refractivity contribution in [3.8, 4) is 56.3 Å². The standard InChI is InChI=1S/C18H24N.4C17H22N/c1-14-8-6-7-9-16(14)17-11-10-15(13-19(17)5)12-18(2,3)4;2*1-11-7-13(3)17(14(4)8-11)16-9-12(2)15(5)10-18(16)6;2*1-11-7-8-16(15(5)14(11)4)17-9-12(2)13(3)10-18(17)6/h6-11,13H,12H2,1-5H3;4*7-10H,1-6H3/q5*+1/i12D2;1D3,5D3;;1D3,3D3;. The molecule has 0 aliphatic carbocycles. The molecule has 0 fully saturated rings. The first-order valence-electron chi connectivity index (χ1n) is 38.5. The highest BCUT2D eigenvalue weighted by Crippen LogP contribution is 2.31. The van der Waals surface area contributed by atoms with Gasteiger partial charge in [0.2, 0.25) is 28.5 Å². The number of aromatic nitrogens is 5. The highest BCUT2D eigenvalue weighted by molar-refractivity contribution is 5.69. The van der Waals surface area contributed by atoms with Crippen LogP contribution in [0.4, 0.5) is 0 Å². The van der Waals surface area contributed by atoms with E-state index in [1.165, 1.54) is 89.3 Å². The van der Waals surface area contributed by atoms with Crippen LogP contribution in [-0.2, 0) is 41.6 Å². The van der Waals surface area contributed by atoms with Crippen molar-refractivity contribution >= 4 is 0 Å². The zero-order chi connectivity index (χ0) is 79.6. The van der Waals surface area contributed by atoms with E-state index in [4.69, 9.17) is 19.2 Å². The van der Waals surface area contributed by atoms with Crippen LogP contribution in [-0.4, -0.2) is 0 Å². The van der Waals surface area contributed by atoms with Crippen molar-refractivity contribution in [2.45, 2.75) is 172 Å². The van der Waals surface area contributed by atoms with Gasteiger partial charge in [-0.1, -0.05) is 86.5 Å². The first-order valence-corrected chi connectivity index (χ1v) is 31.5. The maximum Gasteiger partial charge on any atom is 0.213 e. The number of rotatable bonds is 6. The number of pyridine rings is 5. The monoisotopic (exact) mass is 1230 g/mol. The summed E-state index contributed by atoms with van der Waals surface area (Å²) < 4.78 is 118. The van der Waals surface area contributed by atoms with Crippen molar-refractivity contribution in [2.24, 2.45) is 40.7 Å². The smallest absolute Gasteiger partial charge is 0.201 e. The Kier molecular flexibility index (Phi) is 17.8. The summed E-state index contributed by atoms with van der Waals surface area (Å²) in [6, 6.07) is 36.2. The zero-order valence-electron chi connectivity index (χ0n) is 73.5. The Morgan fingerprint density at radius 3 is 1.09 bits per heavy atom. The molecule has 5 nitrogen and oxygen atoms in total. The predicted octanol–water partition coefficient (Wildman–Crippen LogP) is 19.0. The maximum atomic E-state index is 8.39. The molecule has 91 heavy (non-hydrogen) atoms.